The highest BCUT2D eigenvalue weighted by atomic mass is 32.2. The number of aromatic hydroxyl groups is 1. The van der Waals surface area contributed by atoms with E-state index in [2.05, 4.69) is 40.9 Å². The molecule has 0 fully saturated rings. The van der Waals surface area contributed by atoms with Gasteiger partial charge in [-0.3, -0.25) is 13.7 Å². The Kier molecular flexibility index (Phi) is 11.8. The van der Waals surface area contributed by atoms with Gasteiger partial charge in [-0.1, -0.05) is 30.3 Å². The fourth-order valence-electron chi connectivity index (χ4n) is 7.45. The molecule has 5 N–H and O–H groups in total. The van der Waals surface area contributed by atoms with E-state index in [1.54, 1.807) is 67.6 Å². The number of ether oxygens (including phenoxy) is 1. The van der Waals surface area contributed by atoms with Gasteiger partial charge in [0, 0.05) is 33.2 Å². The van der Waals surface area contributed by atoms with Crippen LogP contribution in [0.1, 0.15) is 11.1 Å². The van der Waals surface area contributed by atoms with Crippen LogP contribution < -0.4 is 4.74 Å². The van der Waals surface area contributed by atoms with E-state index in [-0.39, 0.29) is 55.3 Å². The minimum Gasteiger partial charge on any atom is -0.505 e. The van der Waals surface area contributed by atoms with Gasteiger partial charge in [-0.15, -0.1) is 20.4 Å². The van der Waals surface area contributed by atoms with E-state index in [0.29, 0.717) is 61.5 Å². The van der Waals surface area contributed by atoms with E-state index in [4.69, 9.17) is 4.74 Å². The Morgan fingerprint density at radius 3 is 1.94 bits per heavy atom. The third kappa shape index (κ3) is 9.23. The van der Waals surface area contributed by atoms with Gasteiger partial charge in [-0.05, 0) is 108 Å². The number of aliphatic hydroxyl groups is 1. The predicted octanol–water partition coefficient (Wildman–Crippen LogP) is 10.4. The number of aromatic nitrogens is 3. The lowest BCUT2D eigenvalue weighted by atomic mass is 10.1. The van der Waals surface area contributed by atoms with Crippen LogP contribution in [0.15, 0.2) is 167 Å². The zero-order valence-electron chi connectivity index (χ0n) is 35.6. The molecule has 0 aliphatic heterocycles. The lowest BCUT2D eigenvalue weighted by Gasteiger charge is -2.09. The molecule has 69 heavy (non-hydrogen) atoms. The number of nitrogens with zero attached hydrogens (tertiary/aromatic N) is 9. The molecule has 0 aliphatic rings. The molecule has 0 atom stereocenters. The Bertz CT molecular complexity index is 4070. The summed E-state index contributed by atoms with van der Waals surface area (Å²) in [4.78, 5) is -0.538. The number of azo groups is 3. The second-order valence-corrected chi connectivity index (χ2v) is 19.4. The third-order valence-corrected chi connectivity index (χ3v) is 13.5. The lowest BCUT2D eigenvalue weighted by molar-refractivity contribution is 0.282. The Hall–Kier alpha value is -7.97. The average molecular weight is 988 g/mol. The van der Waals surface area contributed by atoms with E-state index >= 15 is 0 Å². The minimum absolute atomic E-state index is 0.0142. The Morgan fingerprint density at radius 2 is 1.23 bits per heavy atom. The first-order valence-electron chi connectivity index (χ1n) is 20.0. The van der Waals surface area contributed by atoms with Crippen molar-refractivity contribution in [2.24, 2.45) is 30.7 Å². The third-order valence-electron chi connectivity index (χ3n) is 10.8. The first kappa shape index (κ1) is 46.2. The highest BCUT2D eigenvalue weighted by Crippen LogP contribution is 2.41. The lowest BCUT2D eigenvalue weighted by Crippen LogP contribution is -2.04. The Labute approximate surface area is 390 Å². The zero-order chi connectivity index (χ0) is 49.0. The number of benzene rings is 8. The molecule has 21 nitrogen and oxygen atoms in total. The number of fused-ring (bicyclic) bond motifs is 5. The summed E-state index contributed by atoms with van der Waals surface area (Å²) in [6.07, 6.45) is 0. The van der Waals surface area contributed by atoms with Gasteiger partial charge in [-0.2, -0.15) is 50.5 Å². The predicted molar refractivity (Wildman–Crippen MR) is 252 cm³/mol. The van der Waals surface area contributed by atoms with Crippen LogP contribution in [0, 0.1) is 6.92 Å². The summed E-state index contributed by atoms with van der Waals surface area (Å²) in [5.41, 5.74) is 3.64. The van der Waals surface area contributed by atoms with Crippen molar-refractivity contribution in [3.63, 3.8) is 0 Å². The summed E-state index contributed by atoms with van der Waals surface area (Å²) in [5, 5.41) is 58.0. The van der Waals surface area contributed by atoms with Gasteiger partial charge in [0.1, 0.15) is 37.9 Å². The van der Waals surface area contributed by atoms with Gasteiger partial charge in [0.15, 0.2) is 5.75 Å². The van der Waals surface area contributed by atoms with E-state index in [0.717, 1.165) is 6.07 Å². The SMILES string of the molecule is COc1cc(N=Nc2ccc(N=Nc3ccc4cccc(S(=O)(=O)O)c4c3)c(C)c2)c(CO)cc1N=Nc1ccc2cc(-n3nc4ccc5c(S(=O)(=O)O)cc(S(=O)(=O)O)cc5c4n3)ccc2c1O. The molecule has 0 spiro atoms. The first-order valence-corrected chi connectivity index (χ1v) is 24.3. The molecule has 0 aliphatic carbocycles. The van der Waals surface area contributed by atoms with Gasteiger partial charge in [0.05, 0.1) is 47.0 Å². The molecule has 1 heterocycles. The molecular formula is C45H33N9O12S3. The highest BCUT2D eigenvalue weighted by Gasteiger charge is 2.23. The van der Waals surface area contributed by atoms with Gasteiger partial charge in [-0.25, -0.2) is 0 Å². The molecule has 0 unspecified atom stereocenters. The molecule has 24 heteroatoms. The number of aryl methyl sites for hydroxylation is 1. The summed E-state index contributed by atoms with van der Waals surface area (Å²) in [6.45, 7) is 1.35. The van der Waals surface area contributed by atoms with Gasteiger partial charge in [0.25, 0.3) is 30.4 Å². The van der Waals surface area contributed by atoms with Crippen molar-refractivity contribution in [1.82, 2.24) is 15.0 Å². The summed E-state index contributed by atoms with van der Waals surface area (Å²) >= 11 is 0. The van der Waals surface area contributed by atoms with Crippen molar-refractivity contribution in [1.29, 1.82) is 0 Å². The number of methoxy groups -OCH3 is 1. The van der Waals surface area contributed by atoms with Gasteiger partial charge in [0.2, 0.25) is 0 Å². The molecule has 8 aromatic carbocycles. The van der Waals surface area contributed by atoms with Crippen LogP contribution in [0.25, 0.3) is 49.0 Å². The van der Waals surface area contributed by atoms with Crippen molar-refractivity contribution >= 4 is 108 Å². The molecule has 0 radical (unpaired) electrons. The first-order chi connectivity index (χ1) is 32.8. The second-order valence-electron chi connectivity index (χ2n) is 15.2. The van der Waals surface area contributed by atoms with E-state index in [1.165, 1.54) is 60.4 Å². The number of hydrogen-bond donors (Lipinski definition) is 5. The minimum atomic E-state index is -4.92. The molecule has 0 amide bonds. The maximum absolute atomic E-state index is 12.2. The maximum Gasteiger partial charge on any atom is 0.295 e. The second kappa shape index (κ2) is 17.6. The summed E-state index contributed by atoms with van der Waals surface area (Å²) < 4.78 is 107. The fraction of sp³-hybridized carbons (Fsp3) is 0.0667. The van der Waals surface area contributed by atoms with E-state index in [1.807, 2.05) is 0 Å². The topological polar surface area (TPSA) is 318 Å². The van der Waals surface area contributed by atoms with Crippen LogP contribution in [0.4, 0.5) is 34.1 Å². The van der Waals surface area contributed by atoms with Gasteiger partial charge < -0.3 is 14.9 Å². The standard InChI is InChI=1S/C45H33N9O12S3/c1-24-16-28(9-14-36(24)48-47-29-8-6-25-4-3-5-42(34(25)19-29)68(60,61)62)46-50-39-22-41(66-2)40(18-27(39)23-55)51-49-38-13-7-26-17-30(10-11-32(26)45(38)56)54-52-37-15-12-33-35(44(37)53-54)20-31(67(57,58)59)21-43(33)69(63,64)65/h3-22,55-56H,23H2,1-2H3,(H,57,58,59)(H,60,61,62)(H,63,64,65). The van der Waals surface area contributed by atoms with Crippen LogP contribution in [-0.2, 0) is 37.0 Å². The Morgan fingerprint density at radius 1 is 0.565 bits per heavy atom. The molecule has 9 rings (SSSR count). The molecule has 0 saturated carbocycles. The molecule has 0 saturated heterocycles. The van der Waals surface area contributed by atoms with Crippen molar-refractivity contribution in [3.8, 4) is 17.2 Å². The van der Waals surface area contributed by atoms with E-state index in [9.17, 15) is 49.1 Å². The van der Waals surface area contributed by atoms with E-state index < -0.39 is 46.8 Å². The van der Waals surface area contributed by atoms with Gasteiger partial charge >= 0.3 is 0 Å². The van der Waals surface area contributed by atoms with Crippen LogP contribution in [0.2, 0.25) is 0 Å². The molecule has 0 bridgehead atoms. The molecular weight excluding hydrogens is 955 g/mol. The maximum atomic E-state index is 12.2. The normalized spacial score (nSPS) is 12.8. The van der Waals surface area contributed by atoms with Crippen LogP contribution in [0.5, 0.6) is 11.5 Å². The quantitative estimate of drug-likeness (QED) is 0.0562. The van der Waals surface area contributed by atoms with Crippen LogP contribution in [0.3, 0.4) is 0 Å². The van der Waals surface area contributed by atoms with Crippen molar-refractivity contribution < 1.29 is 53.9 Å². The number of phenols is 1. The summed E-state index contributed by atoms with van der Waals surface area (Å²) in [7, 11) is -12.9. The molecule has 348 valence electrons. The fourth-order valence-corrected chi connectivity index (χ4v) is 9.50. The van der Waals surface area contributed by atoms with Crippen molar-refractivity contribution in [3.05, 3.63) is 132 Å². The van der Waals surface area contributed by atoms with Crippen LogP contribution in [-0.4, -0.2) is 71.2 Å². The number of rotatable bonds is 12. The summed E-state index contributed by atoms with van der Waals surface area (Å²) in [5.74, 6) is 0.00911. The monoisotopic (exact) mass is 987 g/mol. The smallest absolute Gasteiger partial charge is 0.295 e. The zero-order valence-corrected chi connectivity index (χ0v) is 38.0. The van der Waals surface area contributed by atoms with Crippen molar-refractivity contribution in [2.45, 2.75) is 28.2 Å². The van der Waals surface area contributed by atoms with Crippen molar-refractivity contribution in [2.75, 3.05) is 7.11 Å². The number of phenolic OH excluding ortho intramolecular Hbond substituents is 1. The Balaban J connectivity index is 0.945. The largest absolute Gasteiger partial charge is 0.505 e. The summed E-state index contributed by atoms with van der Waals surface area (Å²) in [6, 6.07) is 30.0. The number of hydrogen-bond acceptors (Lipinski definition) is 17. The number of aliphatic hydroxyl groups excluding tert-OH is 1. The molecule has 1 aromatic heterocycles. The van der Waals surface area contributed by atoms with Crippen LogP contribution >= 0.6 is 0 Å². The highest BCUT2D eigenvalue weighted by molar-refractivity contribution is 7.87. The average Bonchev–Trinajstić information content (AvgIpc) is 3.76. The molecule has 9 aromatic rings.